The average molecular weight is 304 g/mol. The maximum atomic E-state index is 12.5. The van der Waals surface area contributed by atoms with E-state index in [0.717, 1.165) is 36.4 Å². The van der Waals surface area contributed by atoms with Gasteiger partial charge < -0.3 is 9.80 Å². The normalized spacial score (nSPS) is 21.5. The smallest absolute Gasteiger partial charge is 0.253 e. The van der Waals surface area contributed by atoms with E-state index < -0.39 is 0 Å². The number of piperidine rings is 2. The number of amides is 1. The fourth-order valence-corrected chi connectivity index (χ4v) is 3.76. The number of hydrogen-bond donors (Lipinski definition) is 1. The van der Waals surface area contributed by atoms with E-state index in [1.165, 1.54) is 32.4 Å². The van der Waals surface area contributed by atoms with Crippen molar-refractivity contribution in [1.82, 2.24) is 9.80 Å². The lowest BCUT2D eigenvalue weighted by Crippen LogP contribution is -2.48. The van der Waals surface area contributed by atoms with Gasteiger partial charge in [-0.1, -0.05) is 12.5 Å². The van der Waals surface area contributed by atoms with E-state index in [9.17, 15) is 4.79 Å². The van der Waals surface area contributed by atoms with Crippen LogP contribution < -0.4 is 0 Å². The summed E-state index contributed by atoms with van der Waals surface area (Å²) in [7, 11) is 0. The molecule has 0 saturated carbocycles. The van der Waals surface area contributed by atoms with Crippen molar-refractivity contribution in [3.05, 3.63) is 29.8 Å². The van der Waals surface area contributed by atoms with Crippen molar-refractivity contribution in [2.45, 2.75) is 43.0 Å². The minimum atomic E-state index is 0.156. The van der Waals surface area contributed by atoms with E-state index in [1.807, 2.05) is 29.2 Å². The second kappa shape index (κ2) is 6.84. The second-order valence-corrected chi connectivity index (χ2v) is 6.69. The van der Waals surface area contributed by atoms with Crippen molar-refractivity contribution >= 4 is 18.5 Å². The fraction of sp³-hybridized carbons (Fsp3) is 0.588. The molecule has 1 amide bonds. The summed E-state index contributed by atoms with van der Waals surface area (Å²) >= 11 is 4.32. The summed E-state index contributed by atoms with van der Waals surface area (Å²) in [6.45, 7) is 4.27. The van der Waals surface area contributed by atoms with E-state index in [4.69, 9.17) is 0 Å². The number of carbonyl (C=O) groups excluding carboxylic acids is 1. The Morgan fingerprint density at radius 3 is 2.43 bits per heavy atom. The third-order valence-electron chi connectivity index (χ3n) is 4.75. The van der Waals surface area contributed by atoms with Crippen LogP contribution in [0.4, 0.5) is 0 Å². The lowest BCUT2D eigenvalue weighted by atomic mass is 9.99. The molecule has 2 heterocycles. The molecule has 0 radical (unpaired) electrons. The number of nitrogens with zero attached hydrogens (tertiary/aromatic N) is 2. The summed E-state index contributed by atoms with van der Waals surface area (Å²) in [4.78, 5) is 18.0. The number of carbonyl (C=O) groups is 1. The van der Waals surface area contributed by atoms with Crippen LogP contribution in [0.25, 0.3) is 0 Å². The van der Waals surface area contributed by atoms with Crippen LogP contribution in [0, 0.1) is 0 Å². The lowest BCUT2D eigenvalue weighted by Gasteiger charge is -2.40. The third-order valence-corrected chi connectivity index (χ3v) is 5.03. The predicted octanol–water partition coefficient (Wildman–Crippen LogP) is 3.07. The molecule has 0 bridgehead atoms. The molecule has 1 aromatic carbocycles. The first-order chi connectivity index (χ1) is 10.2. The standard InChI is InChI=1S/C17H24N2OS/c20-17(14-5-4-6-16(21)13-14)19-11-7-15(8-12-19)18-9-2-1-3-10-18/h4-6,13,15,21H,1-3,7-12H2. The van der Waals surface area contributed by atoms with Gasteiger partial charge in [0, 0.05) is 29.6 Å². The Morgan fingerprint density at radius 1 is 1.05 bits per heavy atom. The maximum absolute atomic E-state index is 12.5. The van der Waals surface area contributed by atoms with Crippen molar-refractivity contribution < 1.29 is 4.79 Å². The van der Waals surface area contributed by atoms with Crippen molar-refractivity contribution in [1.29, 1.82) is 0 Å². The summed E-state index contributed by atoms with van der Waals surface area (Å²) in [6, 6.07) is 8.24. The van der Waals surface area contributed by atoms with Gasteiger partial charge in [-0.15, -0.1) is 12.6 Å². The Morgan fingerprint density at radius 2 is 1.76 bits per heavy atom. The monoisotopic (exact) mass is 304 g/mol. The molecule has 0 aromatic heterocycles. The zero-order chi connectivity index (χ0) is 14.7. The van der Waals surface area contributed by atoms with E-state index in [-0.39, 0.29) is 5.91 Å². The molecule has 0 N–H and O–H groups in total. The SMILES string of the molecule is O=C(c1cccc(S)c1)N1CCC(N2CCCCC2)CC1. The van der Waals surface area contributed by atoms with Crippen molar-refractivity contribution in [2.75, 3.05) is 26.2 Å². The molecule has 2 saturated heterocycles. The minimum Gasteiger partial charge on any atom is -0.339 e. The van der Waals surface area contributed by atoms with Crippen molar-refractivity contribution in [3.63, 3.8) is 0 Å². The Bertz CT molecular complexity index is 491. The van der Waals surface area contributed by atoms with Gasteiger partial charge in [0.2, 0.25) is 0 Å². The van der Waals surface area contributed by atoms with E-state index in [1.54, 1.807) is 0 Å². The average Bonchev–Trinajstić information content (AvgIpc) is 2.55. The molecule has 3 rings (SSSR count). The first kappa shape index (κ1) is 14.9. The second-order valence-electron chi connectivity index (χ2n) is 6.17. The Hall–Kier alpha value is -1.00. The molecule has 2 aliphatic heterocycles. The van der Waals surface area contributed by atoms with Gasteiger partial charge in [-0.25, -0.2) is 0 Å². The number of benzene rings is 1. The van der Waals surface area contributed by atoms with E-state index >= 15 is 0 Å². The van der Waals surface area contributed by atoms with Gasteiger partial charge in [0.15, 0.2) is 0 Å². The largest absolute Gasteiger partial charge is 0.339 e. The molecular weight excluding hydrogens is 280 g/mol. The number of thiol groups is 1. The third kappa shape index (κ3) is 3.61. The first-order valence-electron chi connectivity index (χ1n) is 8.06. The minimum absolute atomic E-state index is 0.156. The molecule has 0 aliphatic carbocycles. The topological polar surface area (TPSA) is 23.6 Å². The molecule has 21 heavy (non-hydrogen) atoms. The molecule has 1 aromatic rings. The van der Waals surface area contributed by atoms with Crippen LogP contribution in [0.3, 0.4) is 0 Å². The zero-order valence-electron chi connectivity index (χ0n) is 12.5. The van der Waals surface area contributed by atoms with Crippen LogP contribution in [0.2, 0.25) is 0 Å². The molecule has 3 nitrogen and oxygen atoms in total. The molecule has 2 fully saturated rings. The van der Waals surface area contributed by atoms with Crippen LogP contribution in [0.1, 0.15) is 42.5 Å². The summed E-state index contributed by atoms with van der Waals surface area (Å²) in [5.41, 5.74) is 0.763. The zero-order valence-corrected chi connectivity index (χ0v) is 13.4. The summed E-state index contributed by atoms with van der Waals surface area (Å²) in [5.74, 6) is 0.156. The van der Waals surface area contributed by atoms with Crippen LogP contribution >= 0.6 is 12.6 Å². The van der Waals surface area contributed by atoms with Gasteiger partial charge in [-0.05, 0) is 57.0 Å². The van der Waals surface area contributed by atoms with Crippen molar-refractivity contribution in [2.24, 2.45) is 0 Å². The van der Waals surface area contributed by atoms with Gasteiger partial charge in [-0.2, -0.15) is 0 Å². The fourth-order valence-electron chi connectivity index (χ4n) is 3.54. The van der Waals surface area contributed by atoms with E-state index in [2.05, 4.69) is 17.5 Å². The Kier molecular flexibility index (Phi) is 4.86. The van der Waals surface area contributed by atoms with Gasteiger partial charge in [0.25, 0.3) is 5.91 Å². The number of hydrogen-bond acceptors (Lipinski definition) is 3. The Balaban J connectivity index is 1.56. The first-order valence-corrected chi connectivity index (χ1v) is 8.51. The highest BCUT2D eigenvalue weighted by atomic mass is 32.1. The lowest BCUT2D eigenvalue weighted by molar-refractivity contribution is 0.0589. The molecule has 0 atom stereocenters. The van der Waals surface area contributed by atoms with E-state index in [0.29, 0.717) is 6.04 Å². The van der Waals surface area contributed by atoms with Crippen molar-refractivity contribution in [3.8, 4) is 0 Å². The molecule has 4 heteroatoms. The van der Waals surface area contributed by atoms with Crippen LogP contribution in [-0.4, -0.2) is 47.9 Å². The number of likely N-dealkylation sites (tertiary alicyclic amines) is 2. The quantitative estimate of drug-likeness (QED) is 0.849. The molecule has 0 spiro atoms. The summed E-state index contributed by atoms with van der Waals surface area (Å²) < 4.78 is 0. The van der Waals surface area contributed by atoms with Crippen LogP contribution in [0.15, 0.2) is 29.2 Å². The molecule has 114 valence electrons. The molecule has 0 unspecified atom stereocenters. The predicted molar refractivity (Wildman–Crippen MR) is 88.0 cm³/mol. The number of rotatable bonds is 2. The van der Waals surface area contributed by atoms with Gasteiger partial charge >= 0.3 is 0 Å². The van der Waals surface area contributed by atoms with Gasteiger partial charge in [0.05, 0.1) is 0 Å². The summed E-state index contributed by atoms with van der Waals surface area (Å²) in [6.07, 6.45) is 6.30. The maximum Gasteiger partial charge on any atom is 0.253 e. The van der Waals surface area contributed by atoms with Crippen LogP contribution in [-0.2, 0) is 0 Å². The van der Waals surface area contributed by atoms with Gasteiger partial charge in [0.1, 0.15) is 0 Å². The summed E-state index contributed by atoms with van der Waals surface area (Å²) in [5, 5.41) is 0. The van der Waals surface area contributed by atoms with Crippen LogP contribution in [0.5, 0.6) is 0 Å². The molecule has 2 aliphatic rings. The molecular formula is C17H24N2OS. The van der Waals surface area contributed by atoms with Gasteiger partial charge in [-0.3, -0.25) is 4.79 Å². The highest BCUT2D eigenvalue weighted by Gasteiger charge is 2.27. The Labute approximate surface area is 132 Å². The highest BCUT2D eigenvalue weighted by Crippen LogP contribution is 2.22. The highest BCUT2D eigenvalue weighted by molar-refractivity contribution is 7.80.